The first-order valence-electron chi connectivity index (χ1n) is 12.4. The molecule has 1 fully saturated rings. The molecule has 12 heteroatoms. The summed E-state index contributed by atoms with van der Waals surface area (Å²) in [6, 6.07) is 6.92. The summed E-state index contributed by atoms with van der Waals surface area (Å²) >= 11 is 4.21. The number of fused-ring (bicyclic) bond motifs is 1. The first-order chi connectivity index (χ1) is 19.0. The average molecular weight is 629 g/mol. The number of phenolic OH excluding ortho intramolecular Hbond substituents is 1. The molecule has 2 aromatic carbocycles. The standard InChI is InChI=1S/C28H25BrN2O8S/c1-5-38-27(36)25-13(3)30-28(40-25)31-21(16-10-17(29)23(33)19(11-16)37-4)20(24(34)26(31)35)22(32)14-6-7-18-15(9-14)8-12(2)39-18/h6-7,9-12,21,32-33H,5,8H2,1-4H3/b22-20+/t12-,21+/m1/s1. The number of carbonyl (C=O) groups excluding carboxylic acids is 3. The summed E-state index contributed by atoms with van der Waals surface area (Å²) in [5.41, 5.74) is 1.71. The largest absolute Gasteiger partial charge is 0.507 e. The number of thiazole rings is 1. The van der Waals surface area contributed by atoms with Gasteiger partial charge in [0.05, 0.1) is 35.5 Å². The van der Waals surface area contributed by atoms with Gasteiger partial charge in [0.1, 0.15) is 22.5 Å². The minimum Gasteiger partial charge on any atom is -0.507 e. The van der Waals surface area contributed by atoms with Gasteiger partial charge in [-0.25, -0.2) is 9.78 Å². The lowest BCUT2D eigenvalue weighted by molar-refractivity contribution is -0.132. The van der Waals surface area contributed by atoms with E-state index in [1.807, 2.05) is 6.92 Å². The van der Waals surface area contributed by atoms with Crippen LogP contribution in [-0.2, 0) is 20.7 Å². The predicted octanol–water partition coefficient (Wildman–Crippen LogP) is 5.05. The second-order valence-electron chi connectivity index (χ2n) is 9.31. The number of aryl methyl sites for hydroxylation is 1. The summed E-state index contributed by atoms with van der Waals surface area (Å²) in [6.07, 6.45) is 0.604. The molecule has 5 rings (SSSR count). The van der Waals surface area contributed by atoms with Crippen LogP contribution in [0.15, 0.2) is 40.4 Å². The molecule has 1 aromatic heterocycles. The zero-order valence-electron chi connectivity index (χ0n) is 22.0. The third-order valence-electron chi connectivity index (χ3n) is 6.65. The fraction of sp³-hybridized carbons (Fsp3) is 0.286. The minimum atomic E-state index is -1.16. The Morgan fingerprint density at radius 1 is 1.27 bits per heavy atom. The number of methoxy groups -OCH3 is 1. The van der Waals surface area contributed by atoms with E-state index >= 15 is 0 Å². The Balaban J connectivity index is 1.72. The summed E-state index contributed by atoms with van der Waals surface area (Å²) in [6.45, 7) is 5.37. The van der Waals surface area contributed by atoms with Gasteiger partial charge in [-0.3, -0.25) is 14.5 Å². The van der Waals surface area contributed by atoms with Crippen LogP contribution in [0.2, 0.25) is 0 Å². The molecule has 10 nitrogen and oxygen atoms in total. The summed E-state index contributed by atoms with van der Waals surface area (Å²) < 4.78 is 16.4. The highest BCUT2D eigenvalue weighted by Gasteiger charge is 2.49. The van der Waals surface area contributed by atoms with Crippen LogP contribution in [-0.4, -0.2) is 52.7 Å². The smallest absolute Gasteiger partial charge is 0.350 e. The molecule has 0 aliphatic carbocycles. The monoisotopic (exact) mass is 628 g/mol. The Bertz CT molecular complexity index is 1600. The van der Waals surface area contributed by atoms with Crippen molar-refractivity contribution in [3.05, 3.63) is 67.6 Å². The van der Waals surface area contributed by atoms with Gasteiger partial charge in [0, 0.05) is 12.0 Å². The van der Waals surface area contributed by atoms with Crippen LogP contribution in [0.25, 0.3) is 5.76 Å². The number of ketones is 1. The van der Waals surface area contributed by atoms with Crippen molar-refractivity contribution >= 4 is 55.8 Å². The van der Waals surface area contributed by atoms with Crippen LogP contribution in [0.4, 0.5) is 5.13 Å². The van der Waals surface area contributed by atoms with Crippen LogP contribution < -0.4 is 14.4 Å². The Morgan fingerprint density at radius 2 is 2.02 bits per heavy atom. The number of rotatable bonds is 6. The average Bonchev–Trinajstić information content (AvgIpc) is 3.57. The highest BCUT2D eigenvalue weighted by Crippen LogP contribution is 2.47. The van der Waals surface area contributed by atoms with Crippen molar-refractivity contribution in [1.82, 2.24) is 4.98 Å². The lowest BCUT2D eigenvalue weighted by atomic mass is 9.94. The number of aliphatic hydroxyl groups is 1. The van der Waals surface area contributed by atoms with Gasteiger partial charge in [-0.1, -0.05) is 11.3 Å². The first kappa shape index (κ1) is 27.7. The maximum absolute atomic E-state index is 13.6. The van der Waals surface area contributed by atoms with Crippen molar-refractivity contribution in [3.8, 4) is 17.2 Å². The van der Waals surface area contributed by atoms with Gasteiger partial charge in [0.2, 0.25) is 0 Å². The lowest BCUT2D eigenvalue weighted by Crippen LogP contribution is -2.29. The van der Waals surface area contributed by atoms with Crippen molar-refractivity contribution in [2.75, 3.05) is 18.6 Å². The second kappa shape index (κ2) is 10.6. The molecule has 0 saturated carbocycles. The molecule has 208 valence electrons. The summed E-state index contributed by atoms with van der Waals surface area (Å²) in [7, 11) is 1.37. The van der Waals surface area contributed by atoms with E-state index in [1.54, 1.807) is 32.0 Å². The Hall–Kier alpha value is -3.90. The van der Waals surface area contributed by atoms with E-state index in [1.165, 1.54) is 19.2 Å². The van der Waals surface area contributed by atoms with E-state index in [2.05, 4.69) is 20.9 Å². The fourth-order valence-corrected chi connectivity index (χ4v) is 6.30. The van der Waals surface area contributed by atoms with E-state index in [0.717, 1.165) is 21.8 Å². The van der Waals surface area contributed by atoms with Crippen molar-refractivity contribution in [2.45, 2.75) is 39.3 Å². The molecule has 40 heavy (non-hydrogen) atoms. The number of amides is 1. The number of Topliss-reactive ketones (excluding diaryl/α,β-unsaturated/α-hetero) is 1. The molecule has 0 radical (unpaired) electrons. The zero-order valence-corrected chi connectivity index (χ0v) is 24.4. The van der Waals surface area contributed by atoms with Gasteiger partial charge in [-0.15, -0.1) is 0 Å². The third-order valence-corrected chi connectivity index (χ3v) is 8.39. The molecule has 0 bridgehead atoms. The normalized spacial score (nSPS) is 19.5. The number of anilines is 1. The Morgan fingerprint density at radius 3 is 2.73 bits per heavy atom. The van der Waals surface area contributed by atoms with Gasteiger partial charge in [-0.05, 0) is 78.2 Å². The van der Waals surface area contributed by atoms with Gasteiger partial charge in [0.15, 0.2) is 16.6 Å². The minimum absolute atomic E-state index is 0.0264. The van der Waals surface area contributed by atoms with Crippen LogP contribution in [0.5, 0.6) is 17.2 Å². The number of carbonyl (C=O) groups is 3. The maximum Gasteiger partial charge on any atom is 0.350 e. The molecule has 1 amide bonds. The van der Waals surface area contributed by atoms with Crippen LogP contribution in [0.3, 0.4) is 0 Å². The number of ether oxygens (including phenoxy) is 3. The molecule has 1 saturated heterocycles. The number of hydrogen-bond donors (Lipinski definition) is 2. The number of aromatic hydroxyl groups is 1. The van der Waals surface area contributed by atoms with Gasteiger partial charge in [-0.2, -0.15) is 0 Å². The zero-order chi connectivity index (χ0) is 28.9. The second-order valence-corrected chi connectivity index (χ2v) is 11.1. The summed E-state index contributed by atoms with van der Waals surface area (Å²) in [5.74, 6) is -2.24. The highest BCUT2D eigenvalue weighted by molar-refractivity contribution is 9.10. The van der Waals surface area contributed by atoms with E-state index in [9.17, 15) is 24.6 Å². The highest BCUT2D eigenvalue weighted by atomic mass is 79.9. The summed E-state index contributed by atoms with van der Waals surface area (Å²) in [5, 5.41) is 22.0. The third kappa shape index (κ3) is 4.60. The molecule has 3 heterocycles. The summed E-state index contributed by atoms with van der Waals surface area (Å²) in [4.78, 5) is 45.4. The van der Waals surface area contributed by atoms with Gasteiger partial charge >= 0.3 is 11.9 Å². The quantitative estimate of drug-likeness (QED) is 0.166. The molecule has 3 aromatic rings. The van der Waals surface area contributed by atoms with E-state index in [4.69, 9.17) is 14.2 Å². The molecular weight excluding hydrogens is 604 g/mol. The molecule has 0 spiro atoms. The maximum atomic E-state index is 13.6. The molecular formula is C28H25BrN2O8S. The molecule has 2 aliphatic heterocycles. The lowest BCUT2D eigenvalue weighted by Gasteiger charge is -2.24. The SMILES string of the molecule is CCOC(=O)c1sc(N2C(=O)C(=O)/C(=C(/O)c3ccc4c(c3)C[C@@H](C)O4)[C@@H]2c2cc(Br)c(O)c(OC)c2)nc1C. The van der Waals surface area contributed by atoms with Crippen LogP contribution in [0.1, 0.15) is 51.9 Å². The number of halogens is 1. The number of aromatic nitrogens is 1. The molecule has 0 unspecified atom stereocenters. The molecule has 2 aliphatic rings. The molecule has 2 atom stereocenters. The van der Waals surface area contributed by atoms with Gasteiger partial charge in [0.25, 0.3) is 5.78 Å². The van der Waals surface area contributed by atoms with Crippen LogP contribution >= 0.6 is 27.3 Å². The topological polar surface area (TPSA) is 135 Å². The number of benzene rings is 2. The number of nitrogens with zero attached hydrogens (tertiary/aromatic N) is 2. The van der Waals surface area contributed by atoms with E-state index in [0.29, 0.717) is 29.0 Å². The number of esters is 1. The number of hydrogen-bond acceptors (Lipinski definition) is 10. The van der Waals surface area contributed by atoms with E-state index in [-0.39, 0.29) is 50.0 Å². The predicted molar refractivity (Wildman–Crippen MR) is 150 cm³/mol. The number of phenols is 1. The van der Waals surface area contributed by atoms with Gasteiger partial charge < -0.3 is 24.4 Å². The first-order valence-corrected chi connectivity index (χ1v) is 14.0. The number of aliphatic hydroxyl groups excluding tert-OH is 1. The molecule has 2 N–H and O–H groups in total. The van der Waals surface area contributed by atoms with Crippen molar-refractivity contribution in [1.29, 1.82) is 0 Å². The Labute approximate surface area is 241 Å². The van der Waals surface area contributed by atoms with Crippen molar-refractivity contribution in [2.24, 2.45) is 0 Å². The fourth-order valence-electron chi connectivity index (χ4n) is 4.85. The Kier molecular flexibility index (Phi) is 7.32. The van der Waals surface area contributed by atoms with Crippen molar-refractivity contribution in [3.63, 3.8) is 0 Å². The van der Waals surface area contributed by atoms with Crippen LogP contribution in [0, 0.1) is 6.92 Å². The van der Waals surface area contributed by atoms with Crippen molar-refractivity contribution < 1.29 is 38.8 Å². The van der Waals surface area contributed by atoms with E-state index < -0.39 is 23.7 Å².